The van der Waals surface area contributed by atoms with Crippen molar-refractivity contribution in [3.05, 3.63) is 34.7 Å². The molecule has 2 aromatic rings. The number of carbonyl (C=O) groups excluding carboxylic acids is 1. The Hall–Kier alpha value is -2.47. The lowest BCUT2D eigenvalue weighted by molar-refractivity contribution is 0.0547. The molecule has 2 amide bonds. The van der Waals surface area contributed by atoms with Gasteiger partial charge in [-0.3, -0.25) is 4.98 Å². The molecule has 3 N–H and O–H groups in total. The minimum Gasteiger partial charge on any atom is -0.305 e. The monoisotopic (exact) mass is 428 g/mol. The second-order valence-corrected chi connectivity index (χ2v) is 8.96. The molecule has 2 atom stereocenters. The van der Waals surface area contributed by atoms with Crippen LogP contribution in [0.25, 0.3) is 0 Å². The van der Waals surface area contributed by atoms with E-state index in [1.165, 1.54) is 0 Å². The topological polar surface area (TPSA) is 115 Å². The van der Waals surface area contributed by atoms with Crippen molar-refractivity contribution in [1.82, 2.24) is 14.8 Å². The molecule has 29 heavy (non-hydrogen) atoms. The summed E-state index contributed by atoms with van der Waals surface area (Å²) in [7, 11) is -4.11. The van der Waals surface area contributed by atoms with E-state index in [9.17, 15) is 22.2 Å². The van der Waals surface area contributed by atoms with Crippen molar-refractivity contribution >= 4 is 21.6 Å². The Morgan fingerprint density at radius 1 is 1.38 bits per heavy atom. The lowest BCUT2D eigenvalue weighted by Gasteiger charge is -2.15. The van der Waals surface area contributed by atoms with Crippen LogP contribution in [-0.2, 0) is 29.2 Å². The number of nitrogens with one attached hydrogen (secondary N) is 1. The predicted octanol–water partition coefficient (Wildman–Crippen LogP) is 3.28. The van der Waals surface area contributed by atoms with Crippen LogP contribution in [0, 0.1) is 5.95 Å². The Kier molecular flexibility index (Phi) is 4.85. The van der Waals surface area contributed by atoms with E-state index in [1.54, 1.807) is 0 Å². The van der Waals surface area contributed by atoms with Crippen molar-refractivity contribution in [3.63, 3.8) is 0 Å². The Labute approximate surface area is 165 Å². The van der Waals surface area contributed by atoms with Crippen LogP contribution in [0.5, 0.6) is 0 Å². The van der Waals surface area contributed by atoms with E-state index in [0.717, 1.165) is 54.6 Å². The number of hydrogen-bond acceptors (Lipinski definition) is 4. The zero-order chi connectivity index (χ0) is 20.9. The summed E-state index contributed by atoms with van der Waals surface area (Å²) in [5, 5.41) is 11.1. The molecule has 0 saturated heterocycles. The number of nitrogens with zero attached hydrogens (tertiary/aromatic N) is 4. The van der Waals surface area contributed by atoms with Crippen LogP contribution in [-0.4, -0.2) is 25.0 Å². The number of hydrogen-bond donors (Lipinski definition) is 2. The number of aromatic nitrogens is 3. The van der Waals surface area contributed by atoms with Gasteiger partial charge in [-0.1, -0.05) is 6.92 Å². The highest BCUT2D eigenvalue weighted by molar-refractivity contribution is 7.91. The maximum atomic E-state index is 13.8. The number of alkyl halides is 2. The van der Waals surface area contributed by atoms with Gasteiger partial charge in [-0.25, -0.2) is 18.8 Å². The predicted molar refractivity (Wildman–Crippen MR) is 98.5 cm³/mol. The van der Waals surface area contributed by atoms with Gasteiger partial charge in [0.15, 0.2) is 0 Å². The van der Waals surface area contributed by atoms with E-state index >= 15 is 0 Å². The molecule has 0 saturated carbocycles. The summed E-state index contributed by atoms with van der Waals surface area (Å²) in [5.74, 6) is -1.20. The van der Waals surface area contributed by atoms with Gasteiger partial charge in [0.2, 0.25) is 0 Å². The van der Waals surface area contributed by atoms with Crippen LogP contribution in [0.3, 0.4) is 0 Å². The van der Waals surface area contributed by atoms with E-state index in [1.807, 2.05) is 0 Å². The number of aryl methyl sites for hydroxylation is 1. The molecule has 0 aromatic carbocycles. The largest absolute Gasteiger partial charge is 0.354 e. The van der Waals surface area contributed by atoms with Crippen LogP contribution in [0.4, 0.5) is 23.7 Å². The van der Waals surface area contributed by atoms with Gasteiger partial charge in [-0.05, 0) is 49.1 Å². The van der Waals surface area contributed by atoms with Crippen molar-refractivity contribution in [2.75, 3.05) is 5.32 Å². The third-order valence-electron chi connectivity index (χ3n) is 5.27. The number of pyridine rings is 1. The van der Waals surface area contributed by atoms with Crippen molar-refractivity contribution in [2.24, 2.45) is 9.50 Å². The molecule has 2 heterocycles. The molecule has 0 radical (unpaired) electrons. The van der Waals surface area contributed by atoms with E-state index in [-0.39, 0.29) is 10.6 Å². The first-order valence-corrected chi connectivity index (χ1v) is 10.7. The number of anilines is 1. The number of nitrogens with two attached hydrogens (primary N) is 1. The van der Waals surface area contributed by atoms with Crippen LogP contribution >= 0.6 is 0 Å². The standard InChI is InChI=1S/C17H19F3N6O2S/c1-8-5-6-10-13(8)22-11-4-2-3-9(11)14(10)23-17(27)25-29(21,28)12-7-26(16(19)20)24-15(12)18/h7-8,16H,2-6H2,1H3,(H3,21,22,23,25,27,28)/t8-,29?/m1/s1. The molecular formula is C17H19F3N6O2S. The first kappa shape index (κ1) is 19.8. The average Bonchev–Trinajstić information content (AvgIpc) is 3.33. The quantitative estimate of drug-likeness (QED) is 0.780. The second-order valence-electron chi connectivity index (χ2n) is 7.20. The number of rotatable bonds is 3. The summed E-state index contributed by atoms with van der Waals surface area (Å²) in [5.41, 5.74) is 4.28. The molecule has 4 rings (SSSR count). The minimum atomic E-state index is -4.11. The van der Waals surface area contributed by atoms with Crippen LogP contribution < -0.4 is 10.5 Å². The van der Waals surface area contributed by atoms with Gasteiger partial charge < -0.3 is 5.32 Å². The highest BCUT2D eigenvalue weighted by Gasteiger charge is 2.30. The maximum absolute atomic E-state index is 13.8. The molecule has 0 spiro atoms. The number of amides is 2. The SMILES string of the molecule is C[C@@H]1CCc2c1nc1c(c2NC(=O)N=S(N)(=O)c2cn(C(F)F)nc2F)CCC1. The van der Waals surface area contributed by atoms with Gasteiger partial charge in [0.25, 0.3) is 5.95 Å². The third kappa shape index (κ3) is 3.50. The Morgan fingerprint density at radius 3 is 2.83 bits per heavy atom. The molecule has 0 aliphatic heterocycles. The molecule has 156 valence electrons. The number of fused-ring (bicyclic) bond motifs is 2. The van der Waals surface area contributed by atoms with Gasteiger partial charge in [0.1, 0.15) is 14.8 Å². The Bertz CT molecular complexity index is 1120. The van der Waals surface area contributed by atoms with Gasteiger partial charge in [-0.2, -0.15) is 13.2 Å². The summed E-state index contributed by atoms with van der Waals surface area (Å²) < 4.78 is 55.1. The van der Waals surface area contributed by atoms with Crippen molar-refractivity contribution in [1.29, 1.82) is 0 Å². The smallest absolute Gasteiger partial charge is 0.305 e. The molecular weight excluding hydrogens is 409 g/mol. The molecule has 2 aliphatic rings. The molecule has 8 nitrogen and oxygen atoms in total. The van der Waals surface area contributed by atoms with Crippen LogP contribution in [0.1, 0.15) is 54.7 Å². The molecule has 1 unspecified atom stereocenters. The van der Waals surface area contributed by atoms with Gasteiger partial charge in [0.05, 0.1) is 11.9 Å². The summed E-state index contributed by atoms with van der Waals surface area (Å²) in [6.07, 6.45) is 4.58. The zero-order valence-corrected chi connectivity index (χ0v) is 16.3. The lowest BCUT2D eigenvalue weighted by Crippen LogP contribution is -2.19. The molecule has 2 aliphatic carbocycles. The highest BCUT2D eigenvalue weighted by atomic mass is 32.2. The van der Waals surface area contributed by atoms with E-state index < -0.39 is 33.3 Å². The number of carbonyl (C=O) groups is 1. The highest BCUT2D eigenvalue weighted by Crippen LogP contribution is 2.41. The van der Waals surface area contributed by atoms with E-state index in [0.29, 0.717) is 11.9 Å². The fourth-order valence-electron chi connectivity index (χ4n) is 3.90. The fraction of sp³-hybridized carbons (Fsp3) is 0.471. The molecule has 12 heteroatoms. The molecule has 0 bridgehead atoms. The summed E-state index contributed by atoms with van der Waals surface area (Å²) >= 11 is 0. The normalized spacial score (nSPS) is 19.7. The summed E-state index contributed by atoms with van der Waals surface area (Å²) in [6, 6.07) is -1.04. The first-order valence-electron chi connectivity index (χ1n) is 9.10. The molecule has 2 aromatic heterocycles. The van der Waals surface area contributed by atoms with E-state index in [4.69, 9.17) is 10.1 Å². The van der Waals surface area contributed by atoms with E-state index in [2.05, 4.69) is 21.7 Å². The maximum Gasteiger partial charge on any atom is 0.354 e. The average molecular weight is 428 g/mol. The number of halogens is 3. The third-order valence-corrected chi connectivity index (χ3v) is 6.61. The zero-order valence-electron chi connectivity index (χ0n) is 15.5. The van der Waals surface area contributed by atoms with Crippen molar-refractivity contribution in [3.8, 4) is 0 Å². The van der Waals surface area contributed by atoms with Crippen molar-refractivity contribution in [2.45, 2.75) is 56.4 Å². The first-order chi connectivity index (χ1) is 13.7. The lowest BCUT2D eigenvalue weighted by atomic mass is 10.0. The number of urea groups is 1. The Morgan fingerprint density at radius 2 is 2.14 bits per heavy atom. The minimum absolute atomic E-state index is 0.0331. The van der Waals surface area contributed by atoms with Gasteiger partial charge >= 0.3 is 12.6 Å². The summed E-state index contributed by atoms with van der Waals surface area (Å²) in [4.78, 5) is 16.4. The second kappa shape index (κ2) is 7.10. The van der Waals surface area contributed by atoms with Gasteiger partial charge in [0, 0.05) is 11.4 Å². The van der Waals surface area contributed by atoms with Crippen molar-refractivity contribution < 1.29 is 22.2 Å². The molecule has 0 fully saturated rings. The summed E-state index contributed by atoms with van der Waals surface area (Å²) in [6.45, 7) is -1.09. The van der Waals surface area contributed by atoms with Crippen LogP contribution in [0.2, 0.25) is 0 Å². The van der Waals surface area contributed by atoms with Crippen LogP contribution in [0.15, 0.2) is 15.5 Å². The van der Waals surface area contributed by atoms with Gasteiger partial charge in [-0.15, -0.1) is 9.46 Å². The fourth-order valence-corrected chi connectivity index (χ4v) is 4.84. The Balaban J connectivity index is 1.69.